The molecular weight excluding hydrogens is 222 g/mol. The predicted molar refractivity (Wildman–Crippen MR) is 65.7 cm³/mol. The fraction of sp³-hybridized carbons (Fsp3) is 0.273. The van der Waals surface area contributed by atoms with Gasteiger partial charge in [-0.05, 0) is 30.8 Å². The van der Waals surface area contributed by atoms with Crippen LogP contribution in [0.15, 0.2) is 18.2 Å². The first kappa shape index (κ1) is 10.9. The van der Waals surface area contributed by atoms with Crippen molar-refractivity contribution in [3.05, 3.63) is 28.5 Å². The van der Waals surface area contributed by atoms with Gasteiger partial charge in [-0.3, -0.25) is 4.79 Å². The van der Waals surface area contributed by atoms with Gasteiger partial charge in [-0.2, -0.15) is 0 Å². The number of hydrogen-bond donors (Lipinski definition) is 2. The lowest BCUT2D eigenvalue weighted by Gasteiger charge is -2.04. The lowest BCUT2D eigenvalue weighted by molar-refractivity contribution is -0.118. The molecular formula is C11H13N3OS. The number of carbonyl (C=O) groups is 1. The summed E-state index contributed by atoms with van der Waals surface area (Å²) in [6.45, 7) is 2.55. The Morgan fingerprint density at radius 3 is 3.00 bits per heavy atom. The van der Waals surface area contributed by atoms with Gasteiger partial charge in [0.15, 0.2) is 4.77 Å². The first-order chi connectivity index (χ1) is 7.59. The topological polar surface area (TPSA) is 63.8 Å². The van der Waals surface area contributed by atoms with Crippen molar-refractivity contribution >= 4 is 29.2 Å². The number of fused-ring (bicyclic) bond motifs is 1. The van der Waals surface area contributed by atoms with Crippen LogP contribution in [0, 0.1) is 11.7 Å². The minimum absolute atomic E-state index is 0.301. The van der Waals surface area contributed by atoms with Gasteiger partial charge in [0, 0.05) is 13.0 Å². The maximum atomic E-state index is 10.8. The van der Waals surface area contributed by atoms with Crippen LogP contribution in [-0.4, -0.2) is 15.5 Å². The molecule has 0 aliphatic heterocycles. The molecule has 0 bridgehead atoms. The summed E-state index contributed by atoms with van der Waals surface area (Å²) in [4.78, 5) is 13.9. The number of imidazole rings is 1. The van der Waals surface area contributed by atoms with Gasteiger partial charge in [0.05, 0.1) is 11.0 Å². The molecule has 0 atom stereocenters. The zero-order valence-corrected chi connectivity index (χ0v) is 9.80. The van der Waals surface area contributed by atoms with Crippen molar-refractivity contribution in [3.63, 3.8) is 0 Å². The zero-order valence-electron chi connectivity index (χ0n) is 8.99. The van der Waals surface area contributed by atoms with E-state index in [1.54, 1.807) is 0 Å². The first-order valence-electron chi connectivity index (χ1n) is 5.06. The fourth-order valence-electron chi connectivity index (χ4n) is 1.84. The summed E-state index contributed by atoms with van der Waals surface area (Å²) in [6.07, 6.45) is 0.301. The average molecular weight is 235 g/mol. The normalized spacial score (nSPS) is 10.8. The number of rotatable bonds is 3. The number of H-pyrrole nitrogens is 1. The number of carbonyl (C=O) groups excluding carboxylic acids is 1. The van der Waals surface area contributed by atoms with Crippen molar-refractivity contribution in [2.24, 2.45) is 5.73 Å². The summed E-state index contributed by atoms with van der Waals surface area (Å²) in [5, 5.41) is 0. The molecule has 0 aliphatic carbocycles. The molecule has 2 aromatic rings. The highest BCUT2D eigenvalue weighted by atomic mass is 32.1. The SMILES string of the molecule is Cc1cccc2[nH]c(=S)n(CCC(N)=O)c12. The van der Waals surface area contributed by atoms with Crippen molar-refractivity contribution in [1.82, 2.24) is 9.55 Å². The highest BCUT2D eigenvalue weighted by Crippen LogP contribution is 2.18. The summed E-state index contributed by atoms with van der Waals surface area (Å²) < 4.78 is 2.55. The minimum atomic E-state index is -0.315. The van der Waals surface area contributed by atoms with E-state index in [-0.39, 0.29) is 5.91 Å². The summed E-state index contributed by atoms with van der Waals surface area (Å²) in [7, 11) is 0. The molecule has 4 nitrogen and oxygen atoms in total. The predicted octanol–water partition coefficient (Wildman–Crippen LogP) is 1.88. The molecule has 0 saturated carbocycles. The van der Waals surface area contributed by atoms with Crippen LogP contribution in [0.4, 0.5) is 0 Å². The zero-order chi connectivity index (χ0) is 11.7. The standard InChI is InChI=1S/C11H13N3OS/c1-7-3-2-4-8-10(7)14(11(16)13-8)6-5-9(12)15/h2-4H,5-6H2,1H3,(H2,12,15)(H,13,16). The smallest absolute Gasteiger partial charge is 0.219 e. The van der Waals surface area contributed by atoms with Crippen LogP contribution in [-0.2, 0) is 11.3 Å². The van der Waals surface area contributed by atoms with E-state index in [0.29, 0.717) is 17.7 Å². The van der Waals surface area contributed by atoms with E-state index in [1.807, 2.05) is 29.7 Å². The number of para-hydroxylation sites is 1. The molecule has 0 radical (unpaired) electrons. The molecule has 1 heterocycles. The number of aromatic amines is 1. The molecule has 1 aromatic carbocycles. The van der Waals surface area contributed by atoms with Crippen LogP contribution in [0.25, 0.3) is 11.0 Å². The number of nitrogens with two attached hydrogens (primary N) is 1. The minimum Gasteiger partial charge on any atom is -0.370 e. The highest BCUT2D eigenvalue weighted by Gasteiger charge is 2.07. The number of amides is 1. The summed E-state index contributed by atoms with van der Waals surface area (Å²) >= 11 is 5.22. The Morgan fingerprint density at radius 2 is 2.31 bits per heavy atom. The third-order valence-corrected chi connectivity index (χ3v) is 2.90. The number of nitrogens with one attached hydrogen (secondary N) is 1. The van der Waals surface area contributed by atoms with E-state index >= 15 is 0 Å². The van der Waals surface area contributed by atoms with Crippen LogP contribution < -0.4 is 5.73 Å². The monoisotopic (exact) mass is 235 g/mol. The van der Waals surface area contributed by atoms with E-state index in [9.17, 15) is 4.79 Å². The number of primary amides is 1. The average Bonchev–Trinajstić information content (AvgIpc) is 2.52. The van der Waals surface area contributed by atoms with Gasteiger partial charge in [0.2, 0.25) is 5.91 Å². The molecule has 0 spiro atoms. The third-order valence-electron chi connectivity index (χ3n) is 2.58. The van der Waals surface area contributed by atoms with Gasteiger partial charge in [0.1, 0.15) is 0 Å². The van der Waals surface area contributed by atoms with Gasteiger partial charge in [0.25, 0.3) is 0 Å². The second kappa shape index (κ2) is 4.09. The molecule has 0 fully saturated rings. The lowest BCUT2D eigenvalue weighted by Crippen LogP contribution is -2.14. The van der Waals surface area contributed by atoms with Gasteiger partial charge >= 0.3 is 0 Å². The Hall–Kier alpha value is -1.62. The molecule has 5 heteroatoms. The molecule has 1 amide bonds. The maximum Gasteiger partial charge on any atom is 0.219 e. The Balaban J connectivity index is 2.55. The Bertz CT molecular complexity index is 597. The van der Waals surface area contributed by atoms with E-state index in [1.165, 1.54) is 0 Å². The van der Waals surface area contributed by atoms with Crippen LogP contribution >= 0.6 is 12.2 Å². The lowest BCUT2D eigenvalue weighted by atomic mass is 10.2. The van der Waals surface area contributed by atoms with Gasteiger partial charge in [-0.1, -0.05) is 12.1 Å². The van der Waals surface area contributed by atoms with Crippen molar-refractivity contribution < 1.29 is 4.79 Å². The molecule has 1 aromatic heterocycles. The largest absolute Gasteiger partial charge is 0.370 e. The number of nitrogens with zero attached hydrogens (tertiary/aromatic N) is 1. The summed E-state index contributed by atoms with van der Waals surface area (Å²) in [6, 6.07) is 5.96. The Morgan fingerprint density at radius 1 is 1.56 bits per heavy atom. The van der Waals surface area contributed by atoms with Gasteiger partial charge in [-0.15, -0.1) is 0 Å². The number of hydrogen-bond acceptors (Lipinski definition) is 2. The summed E-state index contributed by atoms with van der Waals surface area (Å²) in [5.41, 5.74) is 8.32. The second-order valence-corrected chi connectivity index (χ2v) is 4.16. The second-order valence-electron chi connectivity index (χ2n) is 3.77. The van der Waals surface area contributed by atoms with Crippen molar-refractivity contribution in [1.29, 1.82) is 0 Å². The van der Waals surface area contributed by atoms with Crippen molar-refractivity contribution in [3.8, 4) is 0 Å². The van der Waals surface area contributed by atoms with E-state index < -0.39 is 0 Å². The van der Waals surface area contributed by atoms with Gasteiger partial charge < -0.3 is 15.3 Å². The van der Waals surface area contributed by atoms with Crippen LogP contribution in [0.3, 0.4) is 0 Å². The number of aryl methyl sites for hydroxylation is 2. The fourth-order valence-corrected chi connectivity index (χ4v) is 2.13. The van der Waals surface area contributed by atoms with Crippen molar-refractivity contribution in [2.75, 3.05) is 0 Å². The van der Waals surface area contributed by atoms with Crippen LogP contribution in [0.2, 0.25) is 0 Å². The van der Waals surface area contributed by atoms with E-state index in [4.69, 9.17) is 18.0 Å². The number of aromatic nitrogens is 2. The van der Waals surface area contributed by atoms with E-state index in [0.717, 1.165) is 16.6 Å². The van der Waals surface area contributed by atoms with E-state index in [2.05, 4.69) is 4.98 Å². The molecule has 0 saturated heterocycles. The summed E-state index contributed by atoms with van der Waals surface area (Å²) in [5.74, 6) is -0.315. The molecule has 3 N–H and O–H groups in total. The van der Waals surface area contributed by atoms with Crippen molar-refractivity contribution in [2.45, 2.75) is 19.9 Å². The first-order valence-corrected chi connectivity index (χ1v) is 5.47. The van der Waals surface area contributed by atoms with Crippen LogP contribution in [0.5, 0.6) is 0 Å². The quantitative estimate of drug-likeness (QED) is 0.798. The molecule has 84 valence electrons. The Kier molecular flexibility index (Phi) is 2.78. The Labute approximate surface area is 98.1 Å². The molecule has 0 unspecified atom stereocenters. The third kappa shape index (κ3) is 1.86. The van der Waals surface area contributed by atoms with Gasteiger partial charge in [-0.25, -0.2) is 0 Å². The molecule has 0 aliphatic rings. The number of benzene rings is 1. The van der Waals surface area contributed by atoms with Crippen LogP contribution in [0.1, 0.15) is 12.0 Å². The maximum absolute atomic E-state index is 10.8. The molecule has 2 rings (SSSR count). The molecule has 16 heavy (non-hydrogen) atoms. The highest BCUT2D eigenvalue weighted by molar-refractivity contribution is 7.71.